The maximum absolute atomic E-state index is 9.12. The van der Waals surface area contributed by atoms with Gasteiger partial charge in [0.05, 0.1) is 17.6 Å². The molecule has 2 aromatic rings. The van der Waals surface area contributed by atoms with Crippen molar-refractivity contribution in [1.82, 2.24) is 15.3 Å². The third kappa shape index (κ3) is 3.26. The smallest absolute Gasteiger partial charge is 0.133 e. The minimum Gasteiger partial charge on any atom is -0.506 e. The average molecular weight is 229 g/mol. The molecule has 4 heteroatoms. The van der Waals surface area contributed by atoms with E-state index in [1.807, 2.05) is 18.2 Å². The van der Waals surface area contributed by atoms with Crippen molar-refractivity contribution in [3.8, 4) is 5.75 Å². The molecule has 4 nitrogen and oxygen atoms in total. The monoisotopic (exact) mass is 229 g/mol. The molecule has 0 radical (unpaired) electrons. The summed E-state index contributed by atoms with van der Waals surface area (Å²) in [5.74, 6) is 0.187. The fourth-order valence-electron chi connectivity index (χ4n) is 1.52. The summed E-state index contributed by atoms with van der Waals surface area (Å²) in [6.07, 6.45) is 3.23. The first-order valence-corrected chi connectivity index (χ1v) is 5.54. The van der Waals surface area contributed by atoms with Crippen LogP contribution >= 0.6 is 0 Å². The minimum atomic E-state index is 0.173. The third-order valence-electron chi connectivity index (χ3n) is 2.53. The molecule has 0 saturated carbocycles. The van der Waals surface area contributed by atoms with Gasteiger partial charge in [-0.15, -0.1) is 0 Å². The van der Waals surface area contributed by atoms with E-state index in [4.69, 9.17) is 5.11 Å². The highest BCUT2D eigenvalue weighted by atomic mass is 16.3. The molecule has 0 aromatic carbocycles. The van der Waals surface area contributed by atoms with Crippen LogP contribution in [0.1, 0.15) is 24.4 Å². The summed E-state index contributed by atoms with van der Waals surface area (Å²) in [5, 5.41) is 12.4. The summed E-state index contributed by atoms with van der Waals surface area (Å²) < 4.78 is 0. The van der Waals surface area contributed by atoms with Crippen LogP contribution in [0.5, 0.6) is 5.75 Å². The number of aromatic nitrogens is 2. The molecule has 2 aromatic heterocycles. The van der Waals surface area contributed by atoms with Gasteiger partial charge in [0.25, 0.3) is 0 Å². The van der Waals surface area contributed by atoms with Gasteiger partial charge in [-0.3, -0.25) is 9.97 Å². The number of aromatic hydroxyl groups is 1. The van der Waals surface area contributed by atoms with Crippen molar-refractivity contribution in [2.45, 2.75) is 19.5 Å². The highest BCUT2D eigenvalue weighted by Gasteiger charge is 2.05. The largest absolute Gasteiger partial charge is 0.506 e. The normalized spacial score (nSPS) is 12.3. The molecular weight excluding hydrogens is 214 g/mol. The van der Waals surface area contributed by atoms with Crippen LogP contribution < -0.4 is 5.32 Å². The van der Waals surface area contributed by atoms with Crippen LogP contribution in [0, 0.1) is 0 Å². The molecule has 0 bridgehead atoms. The second-order valence-corrected chi connectivity index (χ2v) is 3.86. The Morgan fingerprint density at radius 1 is 1.24 bits per heavy atom. The fourth-order valence-corrected chi connectivity index (χ4v) is 1.52. The zero-order valence-corrected chi connectivity index (χ0v) is 9.67. The first kappa shape index (κ1) is 11.5. The van der Waals surface area contributed by atoms with E-state index in [1.165, 1.54) is 6.20 Å². The lowest BCUT2D eigenvalue weighted by molar-refractivity contribution is 0.471. The molecule has 0 spiro atoms. The number of hydrogen-bond acceptors (Lipinski definition) is 4. The molecule has 0 aliphatic rings. The lowest BCUT2D eigenvalue weighted by Gasteiger charge is -2.12. The Hall–Kier alpha value is -1.94. The van der Waals surface area contributed by atoms with Crippen molar-refractivity contribution in [3.63, 3.8) is 0 Å². The van der Waals surface area contributed by atoms with Gasteiger partial charge in [-0.1, -0.05) is 6.07 Å². The number of nitrogens with one attached hydrogen (secondary N) is 1. The van der Waals surface area contributed by atoms with Gasteiger partial charge >= 0.3 is 0 Å². The molecular formula is C13H15N3O. The van der Waals surface area contributed by atoms with Gasteiger partial charge in [0, 0.05) is 18.8 Å². The summed E-state index contributed by atoms with van der Waals surface area (Å²) in [5.41, 5.74) is 1.90. The molecule has 1 atom stereocenters. The van der Waals surface area contributed by atoms with Crippen LogP contribution in [0.3, 0.4) is 0 Å². The van der Waals surface area contributed by atoms with Crippen molar-refractivity contribution in [3.05, 3.63) is 54.1 Å². The van der Waals surface area contributed by atoms with Gasteiger partial charge in [0.1, 0.15) is 5.75 Å². The second kappa shape index (κ2) is 5.41. The van der Waals surface area contributed by atoms with Gasteiger partial charge in [-0.2, -0.15) is 0 Å². The Labute approximate surface area is 100 Å². The van der Waals surface area contributed by atoms with Crippen LogP contribution in [-0.4, -0.2) is 15.1 Å². The molecule has 0 saturated heterocycles. The number of hydrogen-bond donors (Lipinski definition) is 2. The van der Waals surface area contributed by atoms with Gasteiger partial charge < -0.3 is 10.4 Å². The first-order chi connectivity index (χ1) is 8.25. The van der Waals surface area contributed by atoms with Gasteiger partial charge in [-0.25, -0.2) is 0 Å². The van der Waals surface area contributed by atoms with Crippen molar-refractivity contribution >= 4 is 0 Å². The van der Waals surface area contributed by atoms with E-state index in [9.17, 15) is 0 Å². The summed E-state index contributed by atoms with van der Waals surface area (Å²) >= 11 is 0. The molecule has 2 rings (SSSR count). The lowest BCUT2D eigenvalue weighted by Crippen LogP contribution is -2.19. The van der Waals surface area contributed by atoms with E-state index in [-0.39, 0.29) is 11.8 Å². The fraction of sp³-hybridized carbons (Fsp3) is 0.231. The summed E-state index contributed by atoms with van der Waals surface area (Å²) in [7, 11) is 0. The van der Waals surface area contributed by atoms with E-state index in [1.54, 1.807) is 18.3 Å². The zero-order chi connectivity index (χ0) is 12.1. The van der Waals surface area contributed by atoms with Crippen LogP contribution in [0.2, 0.25) is 0 Å². The highest BCUT2D eigenvalue weighted by molar-refractivity contribution is 5.18. The Balaban J connectivity index is 1.92. The molecule has 0 fully saturated rings. The van der Waals surface area contributed by atoms with Gasteiger partial charge in [-0.05, 0) is 31.2 Å². The summed E-state index contributed by atoms with van der Waals surface area (Å²) in [4.78, 5) is 8.39. The molecule has 1 unspecified atom stereocenters. The molecule has 2 heterocycles. The first-order valence-electron chi connectivity index (χ1n) is 5.54. The Bertz CT molecular complexity index is 456. The van der Waals surface area contributed by atoms with Crippen molar-refractivity contribution < 1.29 is 5.11 Å². The standard InChI is InChI=1S/C13H15N3O/c1-10(13-4-2-3-7-14-13)15-8-11-5-6-12(17)9-16-11/h2-7,9-10,15,17H,8H2,1H3. The number of pyridine rings is 2. The lowest BCUT2D eigenvalue weighted by atomic mass is 10.2. The zero-order valence-electron chi connectivity index (χ0n) is 9.67. The highest BCUT2D eigenvalue weighted by Crippen LogP contribution is 2.10. The van der Waals surface area contributed by atoms with Crippen molar-refractivity contribution in [2.75, 3.05) is 0 Å². The van der Waals surface area contributed by atoms with Crippen molar-refractivity contribution in [1.29, 1.82) is 0 Å². The van der Waals surface area contributed by atoms with Crippen LogP contribution in [-0.2, 0) is 6.54 Å². The molecule has 0 amide bonds. The van der Waals surface area contributed by atoms with E-state index >= 15 is 0 Å². The minimum absolute atomic E-state index is 0.173. The quantitative estimate of drug-likeness (QED) is 0.842. The maximum Gasteiger partial charge on any atom is 0.133 e. The van der Waals surface area contributed by atoms with Gasteiger partial charge in [0.15, 0.2) is 0 Å². The molecule has 88 valence electrons. The van der Waals surface area contributed by atoms with E-state index < -0.39 is 0 Å². The number of nitrogens with zero attached hydrogens (tertiary/aromatic N) is 2. The van der Waals surface area contributed by atoms with Crippen LogP contribution in [0.15, 0.2) is 42.7 Å². The Kier molecular flexibility index (Phi) is 3.67. The van der Waals surface area contributed by atoms with E-state index in [0.717, 1.165) is 11.4 Å². The molecule has 0 aliphatic carbocycles. The summed E-state index contributed by atoms with van der Waals surface area (Å²) in [6, 6.07) is 9.47. The molecule has 17 heavy (non-hydrogen) atoms. The average Bonchev–Trinajstić information content (AvgIpc) is 2.39. The predicted molar refractivity (Wildman–Crippen MR) is 65.4 cm³/mol. The second-order valence-electron chi connectivity index (χ2n) is 3.86. The van der Waals surface area contributed by atoms with Crippen LogP contribution in [0.25, 0.3) is 0 Å². The Morgan fingerprint density at radius 3 is 2.76 bits per heavy atom. The number of rotatable bonds is 4. The predicted octanol–water partition coefficient (Wildman–Crippen LogP) is 2.03. The SMILES string of the molecule is CC(NCc1ccc(O)cn1)c1ccccn1. The maximum atomic E-state index is 9.12. The van der Waals surface area contributed by atoms with Crippen LogP contribution in [0.4, 0.5) is 0 Å². The summed E-state index contributed by atoms with van der Waals surface area (Å²) in [6.45, 7) is 2.71. The van der Waals surface area contributed by atoms with E-state index in [2.05, 4.69) is 22.2 Å². The topological polar surface area (TPSA) is 58.0 Å². The Morgan fingerprint density at radius 2 is 2.12 bits per heavy atom. The molecule has 0 aliphatic heterocycles. The molecule has 2 N–H and O–H groups in total. The third-order valence-corrected chi connectivity index (χ3v) is 2.53. The van der Waals surface area contributed by atoms with Crippen molar-refractivity contribution in [2.24, 2.45) is 0 Å². The van der Waals surface area contributed by atoms with E-state index in [0.29, 0.717) is 6.54 Å². The van der Waals surface area contributed by atoms with Gasteiger partial charge in [0.2, 0.25) is 0 Å².